The Bertz CT molecular complexity index is 1140. The van der Waals surface area contributed by atoms with E-state index in [9.17, 15) is 4.79 Å². The smallest absolute Gasteiger partial charge is 0.264 e. The molecule has 0 N–H and O–H groups in total. The van der Waals surface area contributed by atoms with Gasteiger partial charge in [0.1, 0.15) is 0 Å². The zero-order valence-electron chi connectivity index (χ0n) is 16.7. The first-order chi connectivity index (χ1) is 14.0. The van der Waals surface area contributed by atoms with Crippen molar-refractivity contribution in [3.8, 4) is 17.4 Å². The van der Waals surface area contributed by atoms with Crippen LogP contribution in [0.2, 0.25) is 0 Å². The van der Waals surface area contributed by atoms with Gasteiger partial charge in [-0.25, -0.2) is 4.98 Å². The van der Waals surface area contributed by atoms with Crippen molar-refractivity contribution in [3.63, 3.8) is 0 Å². The van der Waals surface area contributed by atoms with Crippen molar-refractivity contribution >= 4 is 16.8 Å². The van der Waals surface area contributed by atoms with Crippen LogP contribution in [0, 0.1) is 13.8 Å². The van der Waals surface area contributed by atoms with Gasteiger partial charge in [-0.15, -0.1) is 0 Å². The molecule has 0 radical (unpaired) electrons. The highest BCUT2D eigenvalue weighted by atomic mass is 16.7. The molecule has 0 bridgehead atoms. The lowest BCUT2D eigenvalue weighted by Gasteiger charge is -2.22. The van der Waals surface area contributed by atoms with E-state index in [4.69, 9.17) is 19.2 Å². The van der Waals surface area contributed by atoms with E-state index in [0.717, 1.165) is 33.3 Å². The number of rotatable bonds is 2. The lowest BCUT2D eigenvalue weighted by Crippen LogP contribution is -2.37. The van der Waals surface area contributed by atoms with Gasteiger partial charge in [-0.05, 0) is 61.7 Å². The first-order valence-electron chi connectivity index (χ1n) is 9.73. The molecule has 1 amide bonds. The summed E-state index contributed by atoms with van der Waals surface area (Å²) >= 11 is 0. The van der Waals surface area contributed by atoms with Gasteiger partial charge in [0.15, 0.2) is 17.6 Å². The maximum atomic E-state index is 13.0. The fraction of sp³-hybridized carbons (Fsp3) is 0.304. The number of hydrogen-bond acceptors (Lipinski definition) is 5. The molecule has 1 atom stereocenters. The Morgan fingerprint density at radius 1 is 1.10 bits per heavy atom. The molecule has 6 nitrogen and oxygen atoms in total. The second-order valence-corrected chi connectivity index (χ2v) is 7.74. The zero-order chi connectivity index (χ0) is 20.1. The van der Waals surface area contributed by atoms with Crippen molar-refractivity contribution in [2.45, 2.75) is 40.0 Å². The van der Waals surface area contributed by atoms with E-state index in [-0.39, 0.29) is 12.7 Å². The van der Waals surface area contributed by atoms with Crippen LogP contribution in [0.25, 0.3) is 10.9 Å². The third-order valence-electron chi connectivity index (χ3n) is 5.44. The Labute approximate surface area is 169 Å². The van der Waals surface area contributed by atoms with Crippen LogP contribution in [0.5, 0.6) is 17.4 Å². The van der Waals surface area contributed by atoms with Crippen molar-refractivity contribution in [2.75, 3.05) is 6.79 Å². The van der Waals surface area contributed by atoms with Gasteiger partial charge in [0.25, 0.3) is 5.91 Å². The van der Waals surface area contributed by atoms with Gasteiger partial charge < -0.3 is 19.1 Å². The fourth-order valence-electron chi connectivity index (χ4n) is 4.02. The molecule has 0 unspecified atom stereocenters. The summed E-state index contributed by atoms with van der Waals surface area (Å²) in [5.41, 5.74) is 5.12. The van der Waals surface area contributed by atoms with Crippen LogP contribution in [0.15, 0.2) is 36.4 Å². The highest BCUT2D eigenvalue weighted by Gasteiger charge is 2.29. The van der Waals surface area contributed by atoms with Crippen molar-refractivity contribution < 1.29 is 19.0 Å². The SMILES string of the molecule is Cc1cc(C)c2cc3c(nc2c1)O[C@@H](C)C(=O)N(Cc1ccc2c(c1)OCO2)C3. The molecule has 148 valence electrons. The number of benzene rings is 2. The molecule has 5 rings (SSSR count). The molecule has 0 spiro atoms. The van der Waals surface area contributed by atoms with Crippen molar-refractivity contribution in [2.24, 2.45) is 0 Å². The summed E-state index contributed by atoms with van der Waals surface area (Å²) in [6, 6.07) is 12.1. The Balaban J connectivity index is 1.51. The van der Waals surface area contributed by atoms with Gasteiger partial charge in [-0.3, -0.25) is 4.79 Å². The predicted octanol–water partition coefficient (Wildman–Crippen LogP) is 3.89. The monoisotopic (exact) mass is 390 g/mol. The van der Waals surface area contributed by atoms with E-state index in [1.807, 2.05) is 29.2 Å². The second kappa shape index (κ2) is 6.65. The maximum absolute atomic E-state index is 13.0. The van der Waals surface area contributed by atoms with Gasteiger partial charge in [0, 0.05) is 17.5 Å². The normalized spacial score (nSPS) is 17.8. The van der Waals surface area contributed by atoms with Crippen LogP contribution in [0.1, 0.15) is 29.2 Å². The molecule has 2 aliphatic heterocycles. The van der Waals surface area contributed by atoms with Crippen LogP contribution in [0.4, 0.5) is 0 Å². The van der Waals surface area contributed by atoms with Gasteiger partial charge in [0.05, 0.1) is 12.1 Å². The number of carbonyl (C=O) groups excluding carboxylic acids is 1. The number of ether oxygens (including phenoxy) is 3. The summed E-state index contributed by atoms with van der Waals surface area (Å²) in [5, 5.41) is 1.09. The van der Waals surface area contributed by atoms with Crippen LogP contribution in [-0.4, -0.2) is 28.7 Å². The van der Waals surface area contributed by atoms with Crippen LogP contribution < -0.4 is 14.2 Å². The standard InChI is InChI=1S/C23H22N2O4/c1-13-6-14(2)18-9-17-11-25(10-16-4-5-20-21(8-16)28-12-27-20)23(26)15(3)29-22(17)24-19(18)7-13/h4-9,15H,10-12H2,1-3H3/t15-/m0/s1. The number of pyridine rings is 1. The minimum Gasteiger partial charge on any atom is -0.464 e. The molecule has 29 heavy (non-hydrogen) atoms. The topological polar surface area (TPSA) is 60.9 Å². The molecule has 2 aromatic carbocycles. The Morgan fingerprint density at radius 3 is 2.79 bits per heavy atom. The zero-order valence-corrected chi connectivity index (χ0v) is 16.7. The average molecular weight is 390 g/mol. The molecule has 3 heterocycles. The van der Waals surface area contributed by atoms with E-state index in [1.54, 1.807) is 6.92 Å². The number of hydrogen-bond donors (Lipinski definition) is 0. The van der Waals surface area contributed by atoms with Crippen LogP contribution in [0.3, 0.4) is 0 Å². The average Bonchev–Trinajstić information content (AvgIpc) is 3.11. The first kappa shape index (κ1) is 17.8. The van der Waals surface area contributed by atoms with Crippen molar-refractivity contribution in [1.82, 2.24) is 9.88 Å². The molecular weight excluding hydrogens is 368 g/mol. The van der Waals surface area contributed by atoms with Crippen molar-refractivity contribution in [3.05, 3.63) is 58.7 Å². The molecule has 6 heteroatoms. The molecule has 2 aliphatic rings. The molecule has 1 aromatic heterocycles. The second-order valence-electron chi connectivity index (χ2n) is 7.74. The third kappa shape index (κ3) is 3.14. The lowest BCUT2D eigenvalue weighted by atomic mass is 10.0. The molecule has 0 aliphatic carbocycles. The summed E-state index contributed by atoms with van der Waals surface area (Å²) in [7, 11) is 0. The number of carbonyl (C=O) groups is 1. The fourth-order valence-corrected chi connectivity index (χ4v) is 4.02. The van der Waals surface area contributed by atoms with E-state index in [2.05, 4.69) is 26.0 Å². The summed E-state index contributed by atoms with van der Waals surface area (Å²) in [4.78, 5) is 19.5. The number of aryl methyl sites for hydroxylation is 2. The highest BCUT2D eigenvalue weighted by molar-refractivity contribution is 5.86. The Hall–Kier alpha value is -3.28. The Morgan fingerprint density at radius 2 is 1.93 bits per heavy atom. The summed E-state index contributed by atoms with van der Waals surface area (Å²) < 4.78 is 16.8. The quantitative estimate of drug-likeness (QED) is 0.664. The predicted molar refractivity (Wildman–Crippen MR) is 108 cm³/mol. The van der Waals surface area contributed by atoms with E-state index in [1.165, 1.54) is 5.56 Å². The summed E-state index contributed by atoms with van der Waals surface area (Å²) in [6.45, 7) is 7.06. The van der Waals surface area contributed by atoms with E-state index >= 15 is 0 Å². The number of fused-ring (bicyclic) bond motifs is 3. The number of nitrogens with zero attached hydrogens (tertiary/aromatic N) is 2. The van der Waals surface area contributed by atoms with E-state index < -0.39 is 6.10 Å². The maximum Gasteiger partial charge on any atom is 0.264 e. The van der Waals surface area contributed by atoms with Gasteiger partial charge in [-0.1, -0.05) is 12.1 Å². The van der Waals surface area contributed by atoms with E-state index in [0.29, 0.717) is 24.7 Å². The first-order valence-corrected chi connectivity index (χ1v) is 9.73. The highest BCUT2D eigenvalue weighted by Crippen LogP contribution is 2.34. The number of amides is 1. The van der Waals surface area contributed by atoms with Crippen LogP contribution in [-0.2, 0) is 17.9 Å². The van der Waals surface area contributed by atoms with Crippen molar-refractivity contribution in [1.29, 1.82) is 0 Å². The minimum absolute atomic E-state index is 0.0578. The molecule has 0 saturated carbocycles. The largest absolute Gasteiger partial charge is 0.464 e. The lowest BCUT2D eigenvalue weighted by molar-refractivity contribution is -0.138. The molecule has 0 saturated heterocycles. The minimum atomic E-state index is -0.596. The Kier molecular flexibility index (Phi) is 4.08. The van der Waals surface area contributed by atoms with Gasteiger partial charge in [0.2, 0.25) is 12.7 Å². The summed E-state index contributed by atoms with van der Waals surface area (Å²) in [6.07, 6.45) is -0.596. The van der Waals surface area contributed by atoms with Crippen LogP contribution >= 0.6 is 0 Å². The van der Waals surface area contributed by atoms with Gasteiger partial charge >= 0.3 is 0 Å². The molecule has 0 fully saturated rings. The molecule has 3 aromatic rings. The summed E-state index contributed by atoms with van der Waals surface area (Å²) in [5.74, 6) is 1.93. The number of aromatic nitrogens is 1. The van der Waals surface area contributed by atoms with Gasteiger partial charge in [-0.2, -0.15) is 0 Å². The molecular formula is C23H22N2O4. The third-order valence-corrected chi connectivity index (χ3v) is 5.44.